The van der Waals surface area contributed by atoms with Crippen LogP contribution < -0.4 is 10.5 Å². The molecule has 116 valence electrons. The third-order valence-electron chi connectivity index (χ3n) is 3.11. The van der Waals surface area contributed by atoms with E-state index in [1.165, 1.54) is 6.07 Å². The Hall–Kier alpha value is -1.52. The number of hydrogen-bond donors (Lipinski definition) is 2. The highest BCUT2D eigenvalue weighted by atomic mass is 32.2. The maximum Gasteiger partial charge on any atom is 0.240 e. The zero-order valence-corrected chi connectivity index (χ0v) is 12.4. The highest BCUT2D eigenvalue weighted by Crippen LogP contribution is 2.22. The minimum absolute atomic E-state index is 0.0363. The number of hydrogen-bond acceptors (Lipinski definition) is 5. The summed E-state index contributed by atoms with van der Waals surface area (Å²) in [7, 11) is -7.37. The van der Waals surface area contributed by atoms with Gasteiger partial charge >= 0.3 is 0 Å². The molecule has 0 spiro atoms. The first kappa shape index (κ1) is 15.9. The molecule has 1 amide bonds. The van der Waals surface area contributed by atoms with Crippen LogP contribution in [0, 0.1) is 11.7 Å². The van der Waals surface area contributed by atoms with Crippen LogP contribution in [0.25, 0.3) is 0 Å². The molecule has 21 heavy (non-hydrogen) atoms. The number of carbonyl (C=O) groups excluding carboxylic acids is 1. The molecule has 1 aromatic rings. The van der Waals surface area contributed by atoms with Crippen molar-refractivity contribution in [3.05, 3.63) is 24.0 Å². The Morgan fingerprint density at radius 2 is 2.05 bits per heavy atom. The van der Waals surface area contributed by atoms with Crippen molar-refractivity contribution in [2.24, 2.45) is 11.1 Å². The number of nitrogens with two attached hydrogens (primary N) is 1. The standard InChI is InChI=1S/C11H13FN2O5S2/c12-9-5-8(1-2-10(9)21(13,18)19)14-11(15)7-3-4-20(16,17)6-7/h1-2,5,7H,3-4,6H2,(H,14,15)(H2,13,18,19). The van der Waals surface area contributed by atoms with E-state index in [1.54, 1.807) is 0 Å². The van der Waals surface area contributed by atoms with Crippen molar-refractivity contribution in [1.82, 2.24) is 0 Å². The molecule has 0 aliphatic carbocycles. The first-order valence-electron chi connectivity index (χ1n) is 5.92. The van der Waals surface area contributed by atoms with Gasteiger partial charge in [-0.15, -0.1) is 0 Å². The van der Waals surface area contributed by atoms with Crippen molar-refractivity contribution in [2.45, 2.75) is 11.3 Å². The Bertz CT molecular complexity index is 789. The Kier molecular flexibility index (Phi) is 4.04. The summed E-state index contributed by atoms with van der Waals surface area (Å²) in [5.41, 5.74) is 0.0363. The average Bonchev–Trinajstić information content (AvgIpc) is 2.68. The number of sulfonamides is 1. The van der Waals surface area contributed by atoms with Crippen LogP contribution in [0.5, 0.6) is 0 Å². The minimum Gasteiger partial charge on any atom is -0.326 e. The van der Waals surface area contributed by atoms with Gasteiger partial charge in [0.25, 0.3) is 0 Å². The molecule has 0 saturated carbocycles. The average molecular weight is 336 g/mol. The van der Waals surface area contributed by atoms with Gasteiger partial charge in [0, 0.05) is 5.69 Å². The number of nitrogens with one attached hydrogen (secondary N) is 1. The normalized spacial score (nSPS) is 21.1. The summed E-state index contributed by atoms with van der Waals surface area (Å²) >= 11 is 0. The van der Waals surface area contributed by atoms with E-state index in [0.29, 0.717) is 0 Å². The molecule has 10 heteroatoms. The van der Waals surface area contributed by atoms with Crippen LogP contribution in [0.3, 0.4) is 0 Å². The van der Waals surface area contributed by atoms with Gasteiger partial charge in [-0.2, -0.15) is 0 Å². The van der Waals surface area contributed by atoms with Crippen molar-refractivity contribution in [2.75, 3.05) is 16.8 Å². The highest BCUT2D eigenvalue weighted by Gasteiger charge is 2.33. The second-order valence-corrected chi connectivity index (χ2v) is 8.54. The fourth-order valence-corrected chi connectivity index (χ4v) is 4.39. The van der Waals surface area contributed by atoms with E-state index in [1.807, 2.05) is 0 Å². The number of halogens is 1. The molecule has 1 aliphatic heterocycles. The molecular formula is C11H13FN2O5S2. The number of carbonyl (C=O) groups is 1. The van der Waals surface area contributed by atoms with Crippen molar-refractivity contribution in [3.8, 4) is 0 Å². The quantitative estimate of drug-likeness (QED) is 0.794. The Labute approximate surface area is 121 Å². The van der Waals surface area contributed by atoms with Gasteiger partial charge in [0.15, 0.2) is 9.84 Å². The predicted molar refractivity (Wildman–Crippen MR) is 73.2 cm³/mol. The van der Waals surface area contributed by atoms with Gasteiger partial charge < -0.3 is 5.32 Å². The topological polar surface area (TPSA) is 123 Å². The van der Waals surface area contributed by atoms with Crippen LogP contribution in [0.15, 0.2) is 23.1 Å². The smallest absolute Gasteiger partial charge is 0.240 e. The van der Waals surface area contributed by atoms with Gasteiger partial charge in [-0.3, -0.25) is 4.79 Å². The van der Waals surface area contributed by atoms with Gasteiger partial charge in [0.1, 0.15) is 10.7 Å². The van der Waals surface area contributed by atoms with Gasteiger partial charge in [-0.25, -0.2) is 26.4 Å². The van der Waals surface area contributed by atoms with E-state index in [2.05, 4.69) is 5.32 Å². The number of sulfone groups is 1. The Morgan fingerprint density at radius 3 is 2.52 bits per heavy atom. The van der Waals surface area contributed by atoms with E-state index in [4.69, 9.17) is 5.14 Å². The first-order chi connectivity index (χ1) is 9.58. The first-order valence-corrected chi connectivity index (χ1v) is 9.29. The maximum atomic E-state index is 13.6. The molecule has 1 atom stereocenters. The highest BCUT2D eigenvalue weighted by molar-refractivity contribution is 7.91. The molecule has 0 radical (unpaired) electrons. The van der Waals surface area contributed by atoms with E-state index in [-0.39, 0.29) is 23.6 Å². The summed E-state index contributed by atoms with van der Waals surface area (Å²) in [6.07, 6.45) is 0.214. The summed E-state index contributed by atoms with van der Waals surface area (Å²) in [5.74, 6) is -2.61. The summed E-state index contributed by atoms with van der Waals surface area (Å²) in [4.78, 5) is 11.2. The van der Waals surface area contributed by atoms with E-state index in [0.717, 1.165) is 12.1 Å². The molecule has 2 rings (SSSR count). The lowest BCUT2D eigenvalue weighted by Crippen LogP contribution is -2.24. The van der Waals surface area contributed by atoms with E-state index in [9.17, 15) is 26.0 Å². The SMILES string of the molecule is NS(=O)(=O)c1ccc(NC(=O)C2CCS(=O)(=O)C2)cc1F. The second kappa shape index (κ2) is 5.35. The van der Waals surface area contributed by atoms with Gasteiger partial charge in [0.2, 0.25) is 15.9 Å². The number of benzene rings is 1. The number of anilines is 1. The number of rotatable bonds is 3. The lowest BCUT2D eigenvalue weighted by Gasteiger charge is -2.10. The monoisotopic (exact) mass is 336 g/mol. The molecule has 1 fully saturated rings. The predicted octanol–water partition coefficient (Wildman–Crippen LogP) is -0.154. The third kappa shape index (κ3) is 3.77. The molecule has 7 nitrogen and oxygen atoms in total. The third-order valence-corrected chi connectivity index (χ3v) is 5.82. The van der Waals surface area contributed by atoms with Gasteiger partial charge in [0.05, 0.1) is 17.4 Å². The minimum atomic E-state index is -4.18. The maximum absolute atomic E-state index is 13.6. The van der Waals surface area contributed by atoms with Crippen LogP contribution >= 0.6 is 0 Å². The Morgan fingerprint density at radius 1 is 1.38 bits per heavy atom. The molecule has 1 saturated heterocycles. The van der Waals surface area contributed by atoms with Crippen LogP contribution in [0.4, 0.5) is 10.1 Å². The van der Waals surface area contributed by atoms with Gasteiger partial charge in [-0.1, -0.05) is 0 Å². The lowest BCUT2D eigenvalue weighted by molar-refractivity contribution is -0.119. The molecule has 1 aliphatic rings. The molecule has 3 N–H and O–H groups in total. The fourth-order valence-electron chi connectivity index (χ4n) is 2.06. The number of primary sulfonamides is 1. The van der Waals surface area contributed by atoms with Crippen molar-refractivity contribution in [3.63, 3.8) is 0 Å². The number of amides is 1. The zero-order chi connectivity index (χ0) is 15.8. The molecule has 1 heterocycles. The summed E-state index contributed by atoms with van der Waals surface area (Å²) < 4.78 is 58.3. The van der Waals surface area contributed by atoms with Crippen LogP contribution in [0.1, 0.15) is 6.42 Å². The lowest BCUT2D eigenvalue weighted by atomic mass is 10.1. The van der Waals surface area contributed by atoms with Crippen molar-refractivity contribution in [1.29, 1.82) is 0 Å². The van der Waals surface area contributed by atoms with Crippen molar-refractivity contribution < 1.29 is 26.0 Å². The Balaban J connectivity index is 2.14. The molecule has 1 unspecified atom stereocenters. The van der Waals surface area contributed by atoms with E-state index < -0.39 is 42.4 Å². The fraction of sp³-hybridized carbons (Fsp3) is 0.364. The summed E-state index contributed by atoms with van der Waals surface area (Å²) in [6, 6.07) is 2.94. The molecule has 1 aromatic carbocycles. The summed E-state index contributed by atoms with van der Waals surface area (Å²) in [6.45, 7) is 0. The zero-order valence-electron chi connectivity index (χ0n) is 10.7. The second-order valence-electron chi connectivity index (χ2n) is 4.78. The summed E-state index contributed by atoms with van der Waals surface area (Å²) in [5, 5.41) is 7.18. The van der Waals surface area contributed by atoms with Crippen LogP contribution in [-0.2, 0) is 24.7 Å². The van der Waals surface area contributed by atoms with Crippen LogP contribution in [-0.4, -0.2) is 34.2 Å². The van der Waals surface area contributed by atoms with E-state index >= 15 is 0 Å². The van der Waals surface area contributed by atoms with Crippen molar-refractivity contribution >= 4 is 31.5 Å². The molecule has 0 aromatic heterocycles. The largest absolute Gasteiger partial charge is 0.326 e. The molecule has 0 bridgehead atoms. The van der Waals surface area contributed by atoms with Gasteiger partial charge in [-0.05, 0) is 24.6 Å². The van der Waals surface area contributed by atoms with Crippen LogP contribution in [0.2, 0.25) is 0 Å². The molecular weight excluding hydrogens is 323 g/mol.